The molecule has 0 spiro atoms. The molecular weight excluding hydrogens is 99.0 g/mol. The van der Waals surface area contributed by atoms with E-state index in [9.17, 15) is 9.18 Å². The van der Waals surface area contributed by atoms with Crippen LogP contribution in [-0.2, 0) is 9.53 Å². The highest BCUT2D eigenvalue weighted by atomic mass is 19.1. The van der Waals surface area contributed by atoms with Crippen molar-refractivity contribution in [3.05, 3.63) is 0 Å². The summed E-state index contributed by atoms with van der Waals surface area (Å²) in [6.07, 6.45) is -1.87. The second kappa shape index (κ2) is 1.18. The molecule has 0 radical (unpaired) electrons. The number of ether oxygens (including phenoxy) is 1. The zero-order chi connectivity index (χ0) is 5.44. The molecule has 7 heavy (non-hydrogen) atoms. The minimum absolute atomic E-state index is 0.507. The molecule has 40 valence electrons. The molecule has 0 saturated carbocycles. The predicted octanol–water partition coefficient (Wildman–Crippen LogP) is 0.270. The van der Waals surface area contributed by atoms with E-state index in [4.69, 9.17) is 0 Å². The largest absolute Gasteiger partial charge is 0.457 e. The van der Waals surface area contributed by atoms with E-state index in [-0.39, 0.29) is 0 Å². The third kappa shape index (κ3) is 0.480. The molecule has 0 aromatic carbocycles. The second-order valence-corrected chi connectivity index (χ2v) is 1.54. The normalized spacial score (nSPS) is 39.4. The SMILES string of the molecule is CC1OC(=O)C1F. The topological polar surface area (TPSA) is 26.3 Å². The summed E-state index contributed by atoms with van der Waals surface area (Å²) in [5.74, 6) is -0.729. The first kappa shape index (κ1) is 4.56. The number of rotatable bonds is 0. The van der Waals surface area contributed by atoms with Crippen LogP contribution in [0, 0.1) is 0 Å². The van der Waals surface area contributed by atoms with Crippen LogP contribution in [0.4, 0.5) is 4.39 Å². The first-order chi connectivity index (χ1) is 3.22. The van der Waals surface area contributed by atoms with Gasteiger partial charge in [0.15, 0.2) is 0 Å². The van der Waals surface area contributed by atoms with Gasteiger partial charge in [-0.25, -0.2) is 9.18 Å². The third-order valence-electron chi connectivity index (χ3n) is 0.939. The monoisotopic (exact) mass is 104 g/mol. The highest BCUT2D eigenvalue weighted by Gasteiger charge is 2.38. The third-order valence-corrected chi connectivity index (χ3v) is 0.939. The van der Waals surface area contributed by atoms with E-state index in [2.05, 4.69) is 4.74 Å². The van der Waals surface area contributed by atoms with Gasteiger partial charge in [0.2, 0.25) is 6.17 Å². The maximum absolute atomic E-state index is 11.8. The maximum atomic E-state index is 11.8. The minimum atomic E-state index is -1.36. The van der Waals surface area contributed by atoms with Crippen LogP contribution in [-0.4, -0.2) is 18.2 Å². The molecule has 0 aliphatic carbocycles. The first-order valence-electron chi connectivity index (χ1n) is 2.06. The summed E-state index contributed by atoms with van der Waals surface area (Å²) in [6, 6.07) is 0. The molecule has 0 aromatic heterocycles. The van der Waals surface area contributed by atoms with Crippen molar-refractivity contribution in [2.24, 2.45) is 0 Å². The zero-order valence-electron chi connectivity index (χ0n) is 3.85. The van der Waals surface area contributed by atoms with E-state index in [1.807, 2.05) is 0 Å². The number of cyclic esters (lactones) is 1. The van der Waals surface area contributed by atoms with Gasteiger partial charge in [-0.2, -0.15) is 0 Å². The lowest BCUT2D eigenvalue weighted by Crippen LogP contribution is -2.44. The van der Waals surface area contributed by atoms with Gasteiger partial charge in [0.1, 0.15) is 6.10 Å². The molecule has 0 N–H and O–H groups in total. The summed E-state index contributed by atoms with van der Waals surface area (Å²) in [5, 5.41) is 0. The van der Waals surface area contributed by atoms with Crippen molar-refractivity contribution < 1.29 is 13.9 Å². The van der Waals surface area contributed by atoms with Gasteiger partial charge in [-0.15, -0.1) is 0 Å². The highest BCUT2D eigenvalue weighted by molar-refractivity contribution is 5.80. The van der Waals surface area contributed by atoms with E-state index < -0.39 is 18.2 Å². The Balaban J connectivity index is 2.43. The van der Waals surface area contributed by atoms with Crippen molar-refractivity contribution in [2.75, 3.05) is 0 Å². The van der Waals surface area contributed by atoms with Crippen LogP contribution in [0.5, 0.6) is 0 Å². The number of hydrogen-bond donors (Lipinski definition) is 0. The van der Waals surface area contributed by atoms with E-state index in [0.717, 1.165) is 0 Å². The lowest BCUT2D eigenvalue weighted by Gasteiger charge is -2.25. The van der Waals surface area contributed by atoms with Gasteiger partial charge < -0.3 is 4.74 Å². The van der Waals surface area contributed by atoms with Crippen LogP contribution >= 0.6 is 0 Å². The van der Waals surface area contributed by atoms with E-state index in [1.54, 1.807) is 0 Å². The molecule has 2 nitrogen and oxygen atoms in total. The Morgan fingerprint density at radius 1 is 1.86 bits per heavy atom. The van der Waals surface area contributed by atoms with Crippen molar-refractivity contribution >= 4 is 5.97 Å². The molecule has 1 saturated heterocycles. The van der Waals surface area contributed by atoms with Crippen LogP contribution in [0.3, 0.4) is 0 Å². The molecule has 2 atom stereocenters. The molecule has 2 unspecified atom stereocenters. The molecule has 0 aromatic rings. The van der Waals surface area contributed by atoms with Gasteiger partial charge in [-0.3, -0.25) is 0 Å². The molecule has 0 bridgehead atoms. The summed E-state index contributed by atoms with van der Waals surface area (Å²) in [5.41, 5.74) is 0. The van der Waals surface area contributed by atoms with Crippen LogP contribution in [0.1, 0.15) is 6.92 Å². The number of carbonyl (C=O) groups is 1. The Kier molecular flexibility index (Phi) is 0.770. The highest BCUT2D eigenvalue weighted by Crippen LogP contribution is 2.16. The summed E-state index contributed by atoms with van der Waals surface area (Å²) in [6.45, 7) is 1.52. The van der Waals surface area contributed by atoms with Gasteiger partial charge in [-0.05, 0) is 6.92 Å². The van der Waals surface area contributed by atoms with Crippen LogP contribution < -0.4 is 0 Å². The maximum Gasteiger partial charge on any atom is 0.345 e. The Morgan fingerprint density at radius 3 is 2.43 bits per heavy atom. The molecule has 1 heterocycles. The lowest BCUT2D eigenvalue weighted by molar-refractivity contribution is -0.184. The molecule has 1 rings (SSSR count). The van der Waals surface area contributed by atoms with Gasteiger partial charge in [0, 0.05) is 0 Å². The fourth-order valence-corrected chi connectivity index (χ4v) is 0.427. The van der Waals surface area contributed by atoms with Crippen molar-refractivity contribution in [3.8, 4) is 0 Å². The average molecular weight is 104 g/mol. The minimum Gasteiger partial charge on any atom is -0.457 e. The van der Waals surface area contributed by atoms with Crippen molar-refractivity contribution in [1.29, 1.82) is 0 Å². The summed E-state index contributed by atoms with van der Waals surface area (Å²) in [4.78, 5) is 9.84. The van der Waals surface area contributed by atoms with E-state index in [0.29, 0.717) is 0 Å². The molecule has 1 aliphatic heterocycles. The standard InChI is InChI=1S/C4H5FO2/c1-2-3(5)4(6)7-2/h2-3H,1H3. The molecular formula is C4H5FO2. The Labute approximate surface area is 40.3 Å². The first-order valence-corrected chi connectivity index (χ1v) is 2.06. The zero-order valence-corrected chi connectivity index (χ0v) is 3.85. The van der Waals surface area contributed by atoms with Crippen molar-refractivity contribution in [1.82, 2.24) is 0 Å². The van der Waals surface area contributed by atoms with E-state index >= 15 is 0 Å². The van der Waals surface area contributed by atoms with Gasteiger partial charge in [0.05, 0.1) is 0 Å². The molecule has 1 aliphatic rings. The lowest BCUT2D eigenvalue weighted by atomic mass is 10.2. The molecule has 1 fully saturated rings. The molecule has 3 heteroatoms. The molecule has 0 amide bonds. The van der Waals surface area contributed by atoms with Crippen LogP contribution in [0.15, 0.2) is 0 Å². The number of alkyl halides is 1. The Morgan fingerprint density at radius 2 is 2.43 bits per heavy atom. The summed E-state index contributed by atoms with van der Waals surface area (Å²) in [7, 11) is 0. The quantitative estimate of drug-likeness (QED) is 0.412. The summed E-state index contributed by atoms with van der Waals surface area (Å²) < 4.78 is 16.1. The average Bonchev–Trinajstić information content (AvgIpc) is 1.68. The Hall–Kier alpha value is -0.600. The summed E-state index contributed by atoms with van der Waals surface area (Å²) >= 11 is 0. The fraction of sp³-hybridized carbons (Fsp3) is 0.750. The number of carbonyl (C=O) groups excluding carboxylic acids is 1. The Bertz CT molecular complexity index is 102. The second-order valence-electron chi connectivity index (χ2n) is 1.54. The van der Waals surface area contributed by atoms with Crippen molar-refractivity contribution in [3.63, 3.8) is 0 Å². The number of esters is 1. The van der Waals surface area contributed by atoms with E-state index in [1.165, 1.54) is 6.92 Å². The predicted molar refractivity (Wildman–Crippen MR) is 20.4 cm³/mol. The number of halogens is 1. The van der Waals surface area contributed by atoms with Crippen molar-refractivity contribution in [2.45, 2.75) is 19.2 Å². The smallest absolute Gasteiger partial charge is 0.345 e. The van der Waals surface area contributed by atoms with Gasteiger partial charge >= 0.3 is 5.97 Å². The van der Waals surface area contributed by atoms with Crippen LogP contribution in [0.25, 0.3) is 0 Å². The fourth-order valence-electron chi connectivity index (χ4n) is 0.427. The van der Waals surface area contributed by atoms with Crippen LogP contribution in [0.2, 0.25) is 0 Å². The number of hydrogen-bond acceptors (Lipinski definition) is 2. The van der Waals surface area contributed by atoms with Gasteiger partial charge in [0.25, 0.3) is 0 Å². The van der Waals surface area contributed by atoms with Gasteiger partial charge in [-0.1, -0.05) is 0 Å².